The van der Waals surface area contributed by atoms with E-state index in [0.717, 1.165) is 31.9 Å². The molecule has 26 heavy (non-hydrogen) atoms. The molecule has 3 rings (SSSR count). The number of amides is 1. The minimum absolute atomic E-state index is 0.128. The maximum atomic E-state index is 12.5. The lowest BCUT2D eigenvalue weighted by atomic mass is 10.2. The first-order valence-electron chi connectivity index (χ1n) is 9.13. The van der Waals surface area contributed by atoms with Crippen LogP contribution in [0.1, 0.15) is 23.2 Å². The minimum atomic E-state index is -0.128. The number of anilines is 3. The van der Waals surface area contributed by atoms with Crippen LogP contribution in [0.5, 0.6) is 0 Å². The van der Waals surface area contributed by atoms with Crippen molar-refractivity contribution < 1.29 is 4.79 Å². The third-order valence-corrected chi connectivity index (χ3v) is 4.48. The van der Waals surface area contributed by atoms with Gasteiger partial charge in [0.1, 0.15) is 5.82 Å². The molecule has 0 bridgehead atoms. The molecule has 1 fully saturated rings. The fourth-order valence-electron chi connectivity index (χ4n) is 3.01. The largest absolute Gasteiger partial charge is 0.372 e. The number of carbonyl (C=O) groups excluding carboxylic acids is 1. The summed E-state index contributed by atoms with van der Waals surface area (Å²) < 4.78 is 0. The van der Waals surface area contributed by atoms with Gasteiger partial charge < -0.3 is 20.4 Å². The highest BCUT2D eigenvalue weighted by molar-refractivity contribution is 6.04. The topological polar surface area (TPSA) is 60.5 Å². The molecule has 0 radical (unpaired) electrons. The Balaban J connectivity index is 1.58. The zero-order chi connectivity index (χ0) is 18.4. The molecular weight excluding hydrogens is 326 g/mol. The summed E-state index contributed by atoms with van der Waals surface area (Å²) in [6, 6.07) is 11.6. The molecule has 0 saturated carbocycles. The van der Waals surface area contributed by atoms with E-state index in [4.69, 9.17) is 0 Å². The van der Waals surface area contributed by atoms with Crippen molar-refractivity contribution >= 4 is 23.1 Å². The average Bonchev–Trinajstić information content (AvgIpc) is 3.17. The Kier molecular flexibility index (Phi) is 6.07. The smallest absolute Gasteiger partial charge is 0.255 e. The molecule has 2 heterocycles. The molecule has 1 aromatic carbocycles. The van der Waals surface area contributed by atoms with Gasteiger partial charge in [-0.05, 0) is 63.3 Å². The Hall–Kier alpha value is -2.60. The predicted octanol–water partition coefficient (Wildman–Crippen LogP) is 2.91. The van der Waals surface area contributed by atoms with Crippen molar-refractivity contribution in [3.8, 4) is 0 Å². The number of rotatable bonds is 7. The third kappa shape index (κ3) is 4.95. The van der Waals surface area contributed by atoms with Gasteiger partial charge in [-0.3, -0.25) is 4.79 Å². The van der Waals surface area contributed by atoms with Crippen molar-refractivity contribution in [3.05, 3.63) is 48.2 Å². The number of hydrogen-bond acceptors (Lipinski definition) is 5. The zero-order valence-corrected chi connectivity index (χ0v) is 15.5. The number of pyridine rings is 1. The van der Waals surface area contributed by atoms with Crippen molar-refractivity contribution in [1.29, 1.82) is 0 Å². The molecule has 0 aliphatic carbocycles. The highest BCUT2D eigenvalue weighted by Crippen LogP contribution is 2.22. The van der Waals surface area contributed by atoms with E-state index in [0.29, 0.717) is 11.4 Å². The van der Waals surface area contributed by atoms with E-state index in [2.05, 4.69) is 37.6 Å². The molecule has 2 aromatic rings. The molecule has 1 aromatic heterocycles. The number of aromatic nitrogens is 1. The van der Waals surface area contributed by atoms with Crippen LogP contribution >= 0.6 is 0 Å². The lowest BCUT2D eigenvalue weighted by Crippen LogP contribution is -2.21. The van der Waals surface area contributed by atoms with Crippen LogP contribution in [0.15, 0.2) is 42.6 Å². The average molecular weight is 353 g/mol. The van der Waals surface area contributed by atoms with E-state index in [9.17, 15) is 4.79 Å². The van der Waals surface area contributed by atoms with Crippen LogP contribution in [0.4, 0.5) is 17.2 Å². The molecule has 0 atom stereocenters. The molecule has 1 saturated heterocycles. The first-order valence-corrected chi connectivity index (χ1v) is 9.13. The molecule has 0 spiro atoms. The van der Waals surface area contributed by atoms with Gasteiger partial charge in [0.05, 0.1) is 0 Å². The van der Waals surface area contributed by atoms with Crippen LogP contribution in [0.2, 0.25) is 0 Å². The van der Waals surface area contributed by atoms with Gasteiger partial charge in [0.15, 0.2) is 0 Å². The number of hydrogen-bond donors (Lipinski definition) is 2. The van der Waals surface area contributed by atoms with E-state index < -0.39 is 0 Å². The second-order valence-electron chi connectivity index (χ2n) is 6.85. The molecule has 0 unspecified atom stereocenters. The Morgan fingerprint density at radius 1 is 1.15 bits per heavy atom. The monoisotopic (exact) mass is 353 g/mol. The lowest BCUT2D eigenvalue weighted by molar-refractivity contribution is 0.102. The Morgan fingerprint density at radius 3 is 2.58 bits per heavy atom. The normalized spacial score (nSPS) is 13.9. The lowest BCUT2D eigenvalue weighted by Gasteiger charge is -2.17. The van der Waals surface area contributed by atoms with Crippen molar-refractivity contribution in [2.24, 2.45) is 0 Å². The Bertz CT molecular complexity index is 723. The van der Waals surface area contributed by atoms with Gasteiger partial charge in [-0.2, -0.15) is 0 Å². The van der Waals surface area contributed by atoms with Gasteiger partial charge >= 0.3 is 0 Å². The van der Waals surface area contributed by atoms with Gasteiger partial charge in [0.25, 0.3) is 5.91 Å². The molecule has 6 nitrogen and oxygen atoms in total. The molecule has 1 amide bonds. The van der Waals surface area contributed by atoms with Crippen LogP contribution < -0.4 is 15.5 Å². The molecule has 6 heteroatoms. The fourth-order valence-corrected chi connectivity index (χ4v) is 3.01. The maximum absolute atomic E-state index is 12.5. The first kappa shape index (κ1) is 18.2. The predicted molar refractivity (Wildman–Crippen MR) is 107 cm³/mol. The van der Waals surface area contributed by atoms with Crippen molar-refractivity contribution in [2.75, 3.05) is 55.8 Å². The number of nitrogens with one attached hydrogen (secondary N) is 2. The highest BCUT2D eigenvalue weighted by atomic mass is 16.1. The van der Waals surface area contributed by atoms with Crippen LogP contribution in [-0.2, 0) is 0 Å². The molecule has 1 aliphatic rings. The highest BCUT2D eigenvalue weighted by Gasteiger charge is 2.12. The molecular formula is C20H27N5O. The summed E-state index contributed by atoms with van der Waals surface area (Å²) in [5, 5.41) is 6.19. The second kappa shape index (κ2) is 8.67. The molecule has 2 N–H and O–H groups in total. The van der Waals surface area contributed by atoms with Crippen molar-refractivity contribution in [3.63, 3.8) is 0 Å². The van der Waals surface area contributed by atoms with Crippen LogP contribution in [0.3, 0.4) is 0 Å². The second-order valence-corrected chi connectivity index (χ2v) is 6.85. The summed E-state index contributed by atoms with van der Waals surface area (Å²) in [6.07, 6.45) is 4.17. The summed E-state index contributed by atoms with van der Waals surface area (Å²) >= 11 is 0. The number of nitrogens with zero attached hydrogens (tertiary/aromatic N) is 3. The molecule has 1 aliphatic heterocycles. The zero-order valence-electron chi connectivity index (χ0n) is 15.5. The SMILES string of the molecule is CN(C)CCNc1cc(C(=O)Nc2ccc(N3CCCC3)cc2)ccn1. The van der Waals surface area contributed by atoms with E-state index in [1.807, 2.05) is 26.2 Å². The summed E-state index contributed by atoms with van der Waals surface area (Å²) in [5.41, 5.74) is 2.62. The summed E-state index contributed by atoms with van der Waals surface area (Å²) in [5.74, 6) is 0.584. The maximum Gasteiger partial charge on any atom is 0.255 e. The Morgan fingerprint density at radius 2 is 1.88 bits per heavy atom. The van der Waals surface area contributed by atoms with Crippen molar-refractivity contribution in [2.45, 2.75) is 12.8 Å². The Labute approximate surface area is 155 Å². The van der Waals surface area contributed by atoms with E-state index in [1.54, 1.807) is 18.3 Å². The van der Waals surface area contributed by atoms with E-state index in [1.165, 1.54) is 18.5 Å². The quantitative estimate of drug-likeness (QED) is 0.801. The molecule has 138 valence electrons. The standard InChI is InChI=1S/C20H27N5O/c1-24(2)14-11-22-19-15-16(9-10-21-19)20(26)23-17-5-7-18(8-6-17)25-12-3-4-13-25/h5-10,15H,3-4,11-14H2,1-2H3,(H,21,22)(H,23,26). The van der Waals surface area contributed by atoms with Crippen LogP contribution in [0, 0.1) is 0 Å². The third-order valence-electron chi connectivity index (χ3n) is 4.48. The number of carbonyl (C=O) groups is 1. The van der Waals surface area contributed by atoms with Crippen molar-refractivity contribution in [1.82, 2.24) is 9.88 Å². The summed E-state index contributed by atoms with van der Waals surface area (Å²) in [4.78, 5) is 21.2. The van der Waals surface area contributed by atoms with Gasteiger partial charge in [0.2, 0.25) is 0 Å². The summed E-state index contributed by atoms with van der Waals surface area (Å²) in [6.45, 7) is 3.92. The van der Waals surface area contributed by atoms with Gasteiger partial charge in [-0.25, -0.2) is 4.98 Å². The van der Waals surface area contributed by atoms with E-state index >= 15 is 0 Å². The number of benzene rings is 1. The summed E-state index contributed by atoms with van der Waals surface area (Å²) in [7, 11) is 4.04. The van der Waals surface area contributed by atoms with Crippen LogP contribution in [0.25, 0.3) is 0 Å². The van der Waals surface area contributed by atoms with Gasteiger partial charge in [-0.15, -0.1) is 0 Å². The van der Waals surface area contributed by atoms with E-state index in [-0.39, 0.29) is 5.91 Å². The first-order chi connectivity index (χ1) is 12.6. The van der Waals surface area contributed by atoms with Crippen LogP contribution in [-0.4, -0.2) is 56.1 Å². The number of likely N-dealkylation sites (N-methyl/N-ethyl adjacent to an activating group) is 1. The van der Waals surface area contributed by atoms with Gasteiger partial charge in [-0.1, -0.05) is 0 Å². The fraction of sp³-hybridized carbons (Fsp3) is 0.400. The minimum Gasteiger partial charge on any atom is -0.372 e. The van der Waals surface area contributed by atoms with Gasteiger partial charge in [0, 0.05) is 49.3 Å².